The second-order valence-electron chi connectivity index (χ2n) is 36.1. The van der Waals surface area contributed by atoms with Gasteiger partial charge in [-0.3, -0.25) is 33.9 Å². The fourth-order valence-corrected chi connectivity index (χ4v) is 18.2. The van der Waals surface area contributed by atoms with Crippen LogP contribution in [-0.2, 0) is 90.0 Å². The zero-order valence-electron chi connectivity index (χ0n) is 74.1. The highest BCUT2D eigenvalue weighted by Gasteiger charge is 2.51. The lowest BCUT2D eigenvalue weighted by Crippen LogP contribution is -2.38. The van der Waals surface area contributed by atoms with Gasteiger partial charge in [-0.05, 0) is 157 Å². The van der Waals surface area contributed by atoms with Gasteiger partial charge < -0.3 is 23.7 Å². The van der Waals surface area contributed by atoms with E-state index in [1.165, 1.54) is 23.1 Å². The summed E-state index contributed by atoms with van der Waals surface area (Å²) < 4.78 is 77.3. The molecule has 0 unspecified atom stereocenters. The molecule has 3 amide bonds. The van der Waals surface area contributed by atoms with Gasteiger partial charge in [0.2, 0.25) is 17.7 Å². The van der Waals surface area contributed by atoms with Crippen LogP contribution >= 0.6 is 22.6 Å². The molecule has 0 saturated heterocycles. The number of pyridine rings is 3. The van der Waals surface area contributed by atoms with Crippen LogP contribution in [0.5, 0.6) is 0 Å². The van der Waals surface area contributed by atoms with Crippen molar-refractivity contribution in [2.24, 2.45) is 0 Å². The van der Waals surface area contributed by atoms with Crippen molar-refractivity contribution in [1.29, 1.82) is 0 Å². The van der Waals surface area contributed by atoms with Crippen LogP contribution in [0.25, 0.3) is 67.7 Å². The van der Waals surface area contributed by atoms with Crippen LogP contribution < -0.4 is 14.7 Å². The molecule has 0 bridgehead atoms. The molecular formula is C91H104F3IN18O10Si3. The molecule has 15 rings (SSSR count). The number of aryl methyl sites for hydroxylation is 1. The summed E-state index contributed by atoms with van der Waals surface area (Å²) in [6.45, 7) is 37.7. The molecule has 0 atom stereocenters. The standard InChI is InChI=1S/C32H39FN6O4Si.C32H35FN6O4Si.C27H30FIN6O2Si/c2*1-7-43-25(40)15-14-24-26-30(38(31(41)32(26,2)3)20-42-17-18-44(4,5)6)36-28(35-24)27-22-12-10-16-34-29(22)39(37-27)19-21-11-8-9-13-23(21)33;1-27(2)20-22(29)31-23(32-25(20)34(26(27)36)16-37-13-14-38(3,4)5)21-18-10-8-12-30-24(18)35(33-21)15-17-9-6-7-11-19(17)28/h8-13,16H,7,14-15,17-20H2,1-6H3;8-13,16H,7,17-20H2,1-6H3;6-12H,13-16H2,1-5H3. The van der Waals surface area contributed by atoms with E-state index in [9.17, 15) is 37.1 Å². The minimum Gasteiger partial charge on any atom is -0.466 e. The number of carbonyl (C=O) groups excluding carboxylic acids is 5. The first-order chi connectivity index (χ1) is 59.8. The van der Waals surface area contributed by atoms with Crippen molar-refractivity contribution in [2.75, 3.05) is 67.9 Å². The SMILES string of the molecule is CC1(C)C(=O)N(COCC[Si](C)(C)C)c2nc(-c3nn(Cc4ccccc4F)c4ncccc34)nc(I)c21.CCOC(=O)C#Cc1nc(-c2nn(Cc3ccccc3F)c3ncccc23)nc2c1C(C)(C)C(=O)N2COCC[Si](C)(C)C.CCOC(=O)CCc1nc(-c2nn(Cc3ccccc3F)c3ncccc23)nc2c1C(C)(C)C(=O)N2COCC[Si](C)(C)C. The Hall–Kier alpha value is -11.3. The van der Waals surface area contributed by atoms with E-state index < -0.39 is 46.4 Å². The number of anilines is 3. The first-order valence-electron chi connectivity index (χ1n) is 41.9. The van der Waals surface area contributed by atoms with Crippen molar-refractivity contribution in [1.82, 2.24) is 74.2 Å². The number of nitrogens with zero attached hydrogens (tertiary/aromatic N) is 18. The highest BCUT2D eigenvalue weighted by Crippen LogP contribution is 2.47. The lowest BCUT2D eigenvalue weighted by atomic mass is 9.85. The molecule has 12 aromatic rings. The number of halogens is 4. The van der Waals surface area contributed by atoms with E-state index in [4.69, 9.17) is 68.9 Å². The summed E-state index contributed by atoms with van der Waals surface area (Å²) in [4.78, 5) is 113. The van der Waals surface area contributed by atoms with Crippen LogP contribution in [0.2, 0.25) is 77.1 Å². The van der Waals surface area contributed by atoms with Gasteiger partial charge in [0.05, 0.1) is 77.4 Å². The topological polar surface area (TPSA) is 311 Å². The molecular weight excluding hydrogens is 1770 g/mol. The Morgan fingerprint density at radius 3 is 1.17 bits per heavy atom. The summed E-state index contributed by atoms with van der Waals surface area (Å²) in [5.41, 5.74) is 4.40. The number of esters is 2. The first-order valence-corrected chi connectivity index (χ1v) is 54.1. The Kier molecular flexibility index (Phi) is 27.9. The fourth-order valence-electron chi connectivity index (χ4n) is 14.8. The molecule has 0 fully saturated rings. The smallest absolute Gasteiger partial charge is 0.384 e. The molecule has 28 nitrogen and oxygen atoms in total. The van der Waals surface area contributed by atoms with Crippen LogP contribution in [0.15, 0.2) is 128 Å². The van der Waals surface area contributed by atoms with E-state index in [-0.39, 0.29) is 124 Å². The van der Waals surface area contributed by atoms with Crippen LogP contribution in [0.1, 0.15) is 107 Å². The highest BCUT2D eigenvalue weighted by molar-refractivity contribution is 14.1. The third kappa shape index (κ3) is 20.4. The van der Waals surface area contributed by atoms with E-state index in [1.807, 2.05) is 52.0 Å². The fraction of sp³-hybridized carbons (Fsp3) is 0.396. The highest BCUT2D eigenvalue weighted by atomic mass is 127. The Balaban J connectivity index is 0.000000162. The van der Waals surface area contributed by atoms with Crippen molar-refractivity contribution in [2.45, 2.75) is 181 Å². The summed E-state index contributed by atoms with van der Waals surface area (Å²) in [5, 5.41) is 16.4. The minimum atomic E-state index is -1.35. The maximum absolute atomic E-state index is 14.6. The quantitative estimate of drug-likeness (QED) is 0.0105. The van der Waals surface area contributed by atoms with E-state index in [1.54, 1.807) is 137 Å². The van der Waals surface area contributed by atoms with Crippen LogP contribution in [-0.4, -0.2) is 181 Å². The van der Waals surface area contributed by atoms with Crippen molar-refractivity contribution in [3.8, 4) is 46.4 Å². The van der Waals surface area contributed by atoms with Gasteiger partial charge in [-0.25, -0.2) is 76.9 Å². The summed E-state index contributed by atoms with van der Waals surface area (Å²) >= 11 is 2.17. The van der Waals surface area contributed by atoms with Gasteiger partial charge in [0, 0.05) is 108 Å². The van der Waals surface area contributed by atoms with Gasteiger partial charge in [0.25, 0.3) is 0 Å². The molecule has 3 aromatic carbocycles. The normalized spacial score (nSPS) is 14.4. The molecule has 0 N–H and O–H groups in total. The van der Waals surface area contributed by atoms with Gasteiger partial charge in [0.15, 0.2) is 34.4 Å². The van der Waals surface area contributed by atoms with Gasteiger partial charge in [-0.2, -0.15) is 15.3 Å². The maximum atomic E-state index is 14.6. The van der Waals surface area contributed by atoms with Gasteiger partial charge >= 0.3 is 11.9 Å². The Labute approximate surface area is 746 Å². The van der Waals surface area contributed by atoms with E-state index in [2.05, 4.69) is 108 Å². The van der Waals surface area contributed by atoms with Crippen molar-refractivity contribution in [3.05, 3.63) is 194 Å². The molecule has 0 aliphatic carbocycles. The molecule has 658 valence electrons. The average molecular weight is 1880 g/mol. The largest absolute Gasteiger partial charge is 0.466 e. The van der Waals surface area contributed by atoms with Crippen LogP contribution in [0.4, 0.5) is 30.6 Å². The van der Waals surface area contributed by atoms with Crippen LogP contribution in [0, 0.1) is 33.0 Å². The zero-order valence-corrected chi connectivity index (χ0v) is 79.2. The van der Waals surface area contributed by atoms with Gasteiger partial charge in [-0.1, -0.05) is 114 Å². The molecule has 3 aliphatic rings. The molecule has 0 saturated carbocycles. The molecule has 35 heteroatoms. The number of ether oxygens (including phenoxy) is 5. The monoisotopic (exact) mass is 1880 g/mol. The second-order valence-corrected chi connectivity index (χ2v) is 54.0. The molecule has 0 radical (unpaired) electrons. The molecule has 3 aliphatic heterocycles. The lowest BCUT2D eigenvalue weighted by molar-refractivity contribution is -0.143. The molecule has 12 heterocycles. The van der Waals surface area contributed by atoms with Crippen molar-refractivity contribution >= 4 is 127 Å². The molecule has 9 aromatic heterocycles. The summed E-state index contributed by atoms with van der Waals surface area (Å²) in [6, 6.07) is 33.5. The third-order valence-corrected chi connectivity index (χ3v) is 27.6. The number of hydrogen-bond donors (Lipinski definition) is 0. The number of aromatic nitrogens is 15. The van der Waals surface area contributed by atoms with E-state index >= 15 is 0 Å². The number of rotatable bonds is 29. The van der Waals surface area contributed by atoms with Crippen molar-refractivity contribution in [3.63, 3.8) is 0 Å². The lowest BCUT2D eigenvalue weighted by Gasteiger charge is -2.21. The Morgan fingerprint density at radius 2 is 0.794 bits per heavy atom. The summed E-state index contributed by atoms with van der Waals surface area (Å²) in [7, 11) is -3.95. The number of amides is 3. The molecule has 0 spiro atoms. The van der Waals surface area contributed by atoms with E-state index in [0.29, 0.717) is 125 Å². The number of carbonyl (C=O) groups is 5. The number of fused-ring (bicyclic) bond motifs is 6. The van der Waals surface area contributed by atoms with Crippen LogP contribution in [0.3, 0.4) is 0 Å². The Morgan fingerprint density at radius 1 is 0.444 bits per heavy atom. The maximum Gasteiger partial charge on any atom is 0.384 e. The average Bonchev–Trinajstić information content (AvgIpc) is 1.58. The predicted octanol–water partition coefficient (Wildman–Crippen LogP) is 16.1. The van der Waals surface area contributed by atoms with Crippen molar-refractivity contribution < 1.29 is 60.8 Å². The minimum absolute atomic E-state index is 0.00493. The number of hydrogen-bond acceptors (Lipinski definition) is 22. The third-order valence-electron chi connectivity index (χ3n) is 21.8. The van der Waals surface area contributed by atoms with Gasteiger partial charge in [0.1, 0.15) is 81.6 Å². The van der Waals surface area contributed by atoms with E-state index in [0.717, 1.165) is 29.1 Å². The first kappa shape index (κ1) is 92.4. The Bertz CT molecular complexity index is 6210. The predicted molar refractivity (Wildman–Crippen MR) is 492 cm³/mol. The summed E-state index contributed by atoms with van der Waals surface area (Å²) in [5.74, 6) is 5.00. The number of benzene rings is 3. The zero-order chi connectivity index (χ0) is 90.5. The molecule has 126 heavy (non-hydrogen) atoms. The summed E-state index contributed by atoms with van der Waals surface area (Å²) in [6.07, 6.45) is 5.31. The second kappa shape index (κ2) is 38.1. The van der Waals surface area contributed by atoms with Gasteiger partial charge in [-0.15, -0.1) is 0 Å².